The van der Waals surface area contributed by atoms with Crippen LogP contribution in [0.2, 0.25) is 0 Å². The molecule has 4 nitrogen and oxygen atoms in total. The number of hydrogen-bond acceptors (Lipinski definition) is 2. The Morgan fingerprint density at radius 1 is 1.17 bits per heavy atom. The summed E-state index contributed by atoms with van der Waals surface area (Å²) in [5.74, 6) is 0.0950. The van der Waals surface area contributed by atoms with Gasteiger partial charge in [0.25, 0.3) is 0 Å². The lowest BCUT2D eigenvalue weighted by Gasteiger charge is -1.98. The Kier molecular flexibility index (Phi) is 2.61. The van der Waals surface area contributed by atoms with Crippen molar-refractivity contribution in [3.05, 3.63) is 66.6 Å². The molecule has 0 atom stereocenters. The van der Waals surface area contributed by atoms with E-state index in [1.54, 1.807) is 10.7 Å². The molecule has 0 radical (unpaired) electrons. The molecule has 0 aliphatic carbocycles. The highest BCUT2D eigenvalue weighted by molar-refractivity contribution is 5.95. The van der Waals surface area contributed by atoms with E-state index in [2.05, 4.69) is 5.10 Å². The summed E-state index contributed by atoms with van der Waals surface area (Å²) in [7, 11) is 0. The summed E-state index contributed by atoms with van der Waals surface area (Å²) in [5.41, 5.74) is 1.63. The Balaban J connectivity index is 1.91. The number of nitrogens with zero attached hydrogens (tertiary/aromatic N) is 3. The van der Waals surface area contributed by atoms with Crippen LogP contribution in [0.25, 0.3) is 5.65 Å². The predicted molar refractivity (Wildman–Crippen MR) is 66.2 cm³/mol. The summed E-state index contributed by atoms with van der Waals surface area (Å²) in [4.78, 5) is 12.1. The zero-order valence-corrected chi connectivity index (χ0v) is 9.73. The molecule has 0 saturated heterocycles. The Labute approximate surface area is 104 Å². The number of rotatable bonds is 3. The predicted octanol–water partition coefficient (Wildman–Crippen LogP) is 1.50. The maximum atomic E-state index is 12.1. The fourth-order valence-electron chi connectivity index (χ4n) is 1.94. The molecule has 2 aromatic heterocycles. The van der Waals surface area contributed by atoms with Crippen molar-refractivity contribution >= 4 is 11.4 Å². The minimum absolute atomic E-state index is 0.0950. The van der Waals surface area contributed by atoms with Crippen LogP contribution in [0.3, 0.4) is 0 Å². The lowest BCUT2D eigenvalue weighted by Crippen LogP contribution is -2.36. The number of ketones is 1. The summed E-state index contributed by atoms with van der Waals surface area (Å²) >= 11 is 0. The molecule has 3 rings (SSSR count). The van der Waals surface area contributed by atoms with Crippen LogP contribution in [0, 0.1) is 0 Å². The molecule has 2 heterocycles. The van der Waals surface area contributed by atoms with E-state index < -0.39 is 0 Å². The van der Waals surface area contributed by atoms with Crippen LogP contribution >= 0.6 is 0 Å². The first kappa shape index (κ1) is 10.7. The summed E-state index contributed by atoms with van der Waals surface area (Å²) < 4.78 is 3.64. The van der Waals surface area contributed by atoms with E-state index in [-0.39, 0.29) is 5.78 Å². The summed E-state index contributed by atoms with van der Waals surface area (Å²) in [6, 6.07) is 13.1. The smallest absolute Gasteiger partial charge is 0.290 e. The van der Waals surface area contributed by atoms with Gasteiger partial charge in [0.05, 0.1) is 6.20 Å². The third-order valence-corrected chi connectivity index (χ3v) is 2.85. The zero-order chi connectivity index (χ0) is 12.4. The summed E-state index contributed by atoms with van der Waals surface area (Å²) in [6.45, 7) is 0.326. The molecular formula is C14H12N3O+. The molecule has 1 aromatic carbocycles. The second-order valence-electron chi connectivity index (χ2n) is 4.04. The van der Waals surface area contributed by atoms with Crippen LogP contribution in [0.1, 0.15) is 10.4 Å². The van der Waals surface area contributed by atoms with Crippen LogP contribution in [0.15, 0.2) is 61.1 Å². The Bertz CT molecular complexity index is 688. The Morgan fingerprint density at radius 2 is 2.00 bits per heavy atom. The first-order chi connectivity index (χ1) is 8.84. The average Bonchev–Trinajstić information content (AvgIpc) is 2.83. The molecule has 0 saturated carbocycles. The van der Waals surface area contributed by atoms with Crippen LogP contribution in [0.4, 0.5) is 0 Å². The van der Waals surface area contributed by atoms with Crippen molar-refractivity contribution in [2.75, 3.05) is 0 Å². The maximum Gasteiger partial charge on any atom is 0.307 e. The van der Waals surface area contributed by atoms with Crippen molar-refractivity contribution in [1.82, 2.24) is 9.61 Å². The van der Waals surface area contributed by atoms with Gasteiger partial charge in [-0.05, 0) is 6.07 Å². The molecule has 18 heavy (non-hydrogen) atoms. The third-order valence-electron chi connectivity index (χ3n) is 2.85. The molecule has 88 valence electrons. The Hall–Kier alpha value is -2.49. The quantitative estimate of drug-likeness (QED) is 0.512. The summed E-state index contributed by atoms with van der Waals surface area (Å²) in [6.07, 6.45) is 5.42. The first-order valence-electron chi connectivity index (χ1n) is 5.75. The highest BCUT2D eigenvalue weighted by Crippen LogP contribution is 2.01. The van der Waals surface area contributed by atoms with Gasteiger partial charge in [-0.1, -0.05) is 35.4 Å². The standard InChI is InChI=1S/C14H12N3O/c18-13(12-5-2-1-3-6-12)11-16-9-10-17-14(16)7-4-8-15-17/h1-10H,11H2/q+1. The van der Waals surface area contributed by atoms with E-state index >= 15 is 0 Å². The van der Waals surface area contributed by atoms with E-state index in [1.807, 2.05) is 59.4 Å². The Morgan fingerprint density at radius 3 is 2.83 bits per heavy atom. The van der Waals surface area contributed by atoms with E-state index in [1.165, 1.54) is 0 Å². The van der Waals surface area contributed by atoms with Crippen LogP contribution in [0.5, 0.6) is 0 Å². The van der Waals surface area contributed by atoms with Crippen molar-refractivity contribution in [3.63, 3.8) is 0 Å². The van der Waals surface area contributed by atoms with Crippen molar-refractivity contribution in [2.45, 2.75) is 6.54 Å². The SMILES string of the molecule is O=C(C[n+]1ccn2ncccc21)c1ccccc1. The molecule has 0 aliphatic heterocycles. The highest BCUT2D eigenvalue weighted by atomic mass is 16.1. The average molecular weight is 238 g/mol. The lowest BCUT2D eigenvalue weighted by molar-refractivity contribution is -0.656. The molecule has 3 aromatic rings. The monoisotopic (exact) mass is 238 g/mol. The van der Waals surface area contributed by atoms with E-state index in [9.17, 15) is 4.79 Å². The normalized spacial score (nSPS) is 10.7. The van der Waals surface area contributed by atoms with Gasteiger partial charge < -0.3 is 0 Å². The number of benzene rings is 1. The highest BCUT2D eigenvalue weighted by Gasteiger charge is 2.14. The molecular weight excluding hydrogens is 226 g/mol. The van der Waals surface area contributed by atoms with Gasteiger partial charge in [-0.2, -0.15) is 0 Å². The molecule has 0 aliphatic rings. The van der Waals surface area contributed by atoms with Gasteiger partial charge in [-0.3, -0.25) is 4.79 Å². The number of hydrogen-bond donors (Lipinski definition) is 0. The fourth-order valence-corrected chi connectivity index (χ4v) is 1.94. The van der Waals surface area contributed by atoms with Crippen LogP contribution in [-0.4, -0.2) is 15.4 Å². The molecule has 0 unspecified atom stereocenters. The van der Waals surface area contributed by atoms with Gasteiger partial charge in [-0.15, -0.1) is 4.52 Å². The number of carbonyl (C=O) groups excluding carboxylic acids is 1. The van der Waals surface area contributed by atoms with Crippen LogP contribution < -0.4 is 4.57 Å². The molecule has 0 N–H and O–H groups in total. The van der Waals surface area contributed by atoms with Crippen molar-refractivity contribution < 1.29 is 9.36 Å². The molecule has 0 fully saturated rings. The number of carbonyl (C=O) groups is 1. The van der Waals surface area contributed by atoms with E-state index in [4.69, 9.17) is 0 Å². The zero-order valence-electron chi connectivity index (χ0n) is 9.73. The number of aromatic nitrogens is 3. The topological polar surface area (TPSA) is 38.2 Å². The minimum atomic E-state index is 0.0950. The minimum Gasteiger partial charge on any atom is -0.290 e. The van der Waals surface area contributed by atoms with Crippen LogP contribution in [-0.2, 0) is 6.54 Å². The second kappa shape index (κ2) is 4.41. The fraction of sp³-hybridized carbons (Fsp3) is 0.0714. The van der Waals surface area contributed by atoms with Crippen molar-refractivity contribution in [3.8, 4) is 0 Å². The third kappa shape index (κ3) is 1.88. The van der Waals surface area contributed by atoms with Gasteiger partial charge in [0, 0.05) is 11.6 Å². The molecule has 0 amide bonds. The van der Waals surface area contributed by atoms with Gasteiger partial charge >= 0.3 is 5.65 Å². The number of Topliss-reactive ketones (excluding diaryl/α,β-unsaturated/α-hetero) is 1. The number of fused-ring (bicyclic) bond motifs is 1. The molecule has 0 bridgehead atoms. The van der Waals surface area contributed by atoms with E-state index in [0.717, 1.165) is 11.2 Å². The van der Waals surface area contributed by atoms with Gasteiger partial charge in [0.2, 0.25) is 5.78 Å². The van der Waals surface area contributed by atoms with Crippen molar-refractivity contribution in [2.24, 2.45) is 0 Å². The maximum absolute atomic E-state index is 12.1. The molecule has 4 heteroatoms. The lowest BCUT2D eigenvalue weighted by atomic mass is 10.1. The first-order valence-corrected chi connectivity index (χ1v) is 5.75. The van der Waals surface area contributed by atoms with Gasteiger partial charge in [0.15, 0.2) is 12.7 Å². The number of imidazole rings is 1. The van der Waals surface area contributed by atoms with Crippen molar-refractivity contribution in [1.29, 1.82) is 0 Å². The van der Waals surface area contributed by atoms with E-state index in [0.29, 0.717) is 6.54 Å². The molecule has 0 spiro atoms. The second-order valence-corrected chi connectivity index (χ2v) is 4.04. The van der Waals surface area contributed by atoms with Gasteiger partial charge in [-0.25, -0.2) is 4.57 Å². The summed E-state index contributed by atoms with van der Waals surface area (Å²) in [5, 5.41) is 4.17. The largest absolute Gasteiger partial charge is 0.307 e. The van der Waals surface area contributed by atoms with Gasteiger partial charge in [0.1, 0.15) is 6.20 Å².